The van der Waals surface area contributed by atoms with Crippen LogP contribution in [-0.2, 0) is 0 Å². The van der Waals surface area contributed by atoms with Gasteiger partial charge in [0, 0.05) is 0 Å². The summed E-state index contributed by atoms with van der Waals surface area (Å²) in [6, 6.07) is 21.4. The average Bonchev–Trinajstić information content (AvgIpc) is 2.90. The van der Waals surface area contributed by atoms with E-state index in [0.29, 0.717) is 5.92 Å². The molecule has 0 amide bonds. The second-order valence-corrected chi connectivity index (χ2v) is 11.4. The largest absolute Gasteiger partial charge is 0.198 e. The van der Waals surface area contributed by atoms with Crippen molar-refractivity contribution in [3.63, 3.8) is 0 Å². The molecular weight excluding hydrogens is 410 g/mol. The Labute approximate surface area is 209 Å². The van der Waals surface area contributed by atoms with Gasteiger partial charge < -0.3 is 0 Å². The summed E-state index contributed by atoms with van der Waals surface area (Å²) in [6.07, 6.45) is 17.8. The number of nitriles is 1. The van der Waals surface area contributed by atoms with Crippen LogP contribution in [0, 0.1) is 22.7 Å². The van der Waals surface area contributed by atoms with E-state index < -0.39 is 0 Å². The van der Waals surface area contributed by atoms with Crippen LogP contribution in [0.1, 0.15) is 127 Å². The Morgan fingerprint density at radius 3 is 1.71 bits per heavy atom. The molecule has 0 radical (unpaired) electrons. The van der Waals surface area contributed by atoms with Crippen LogP contribution in [0.5, 0.6) is 0 Å². The zero-order valence-corrected chi connectivity index (χ0v) is 21.7. The van der Waals surface area contributed by atoms with Crippen LogP contribution >= 0.6 is 0 Å². The third-order valence-electron chi connectivity index (χ3n) is 9.07. The summed E-state index contributed by atoms with van der Waals surface area (Å²) in [5.41, 5.74) is 5.60. The predicted octanol–water partition coefficient (Wildman–Crippen LogP) is 10.2. The summed E-state index contributed by atoms with van der Waals surface area (Å²) in [5, 5.41) is 9.70. The van der Waals surface area contributed by atoms with E-state index in [-0.39, 0.29) is 5.41 Å². The molecule has 0 atom stereocenters. The van der Waals surface area contributed by atoms with E-state index >= 15 is 0 Å². The SMILES string of the molecule is CCCCC[C@H]1CC[C@H](c2ccc(-c3ccc([C@H]4CC[C@@](C#N)(CCC)CC4)cc3)cc2)CC1. The van der Waals surface area contributed by atoms with Crippen LogP contribution in [0.2, 0.25) is 0 Å². The maximum atomic E-state index is 9.70. The fraction of sp³-hybridized carbons (Fsp3) is 0.606. The van der Waals surface area contributed by atoms with Gasteiger partial charge in [0.2, 0.25) is 0 Å². The van der Waals surface area contributed by atoms with Crippen LogP contribution in [-0.4, -0.2) is 0 Å². The number of hydrogen-bond donors (Lipinski definition) is 0. The Morgan fingerprint density at radius 2 is 1.24 bits per heavy atom. The van der Waals surface area contributed by atoms with E-state index in [0.717, 1.165) is 50.4 Å². The quantitative estimate of drug-likeness (QED) is 0.345. The molecule has 0 spiro atoms. The zero-order valence-electron chi connectivity index (χ0n) is 21.7. The first-order chi connectivity index (χ1) is 16.7. The lowest BCUT2D eigenvalue weighted by Crippen LogP contribution is -2.25. The molecule has 2 saturated carbocycles. The molecule has 34 heavy (non-hydrogen) atoms. The van der Waals surface area contributed by atoms with E-state index in [4.69, 9.17) is 0 Å². The van der Waals surface area contributed by atoms with Crippen molar-refractivity contribution < 1.29 is 0 Å². The molecule has 2 aromatic rings. The van der Waals surface area contributed by atoms with Crippen molar-refractivity contribution in [1.29, 1.82) is 5.26 Å². The number of unbranched alkanes of at least 4 members (excludes halogenated alkanes) is 2. The molecule has 2 aromatic carbocycles. The molecule has 1 nitrogen and oxygen atoms in total. The third kappa shape index (κ3) is 6.13. The number of nitrogens with zero attached hydrogens (tertiary/aromatic N) is 1. The molecule has 2 aliphatic carbocycles. The minimum absolute atomic E-state index is 0.0543. The Hall–Kier alpha value is -2.07. The van der Waals surface area contributed by atoms with Gasteiger partial charge in [0.25, 0.3) is 0 Å². The summed E-state index contributed by atoms with van der Waals surface area (Å²) in [6.45, 7) is 4.51. The Kier molecular flexibility index (Phi) is 8.88. The molecule has 4 rings (SSSR count). The molecule has 0 heterocycles. The van der Waals surface area contributed by atoms with Gasteiger partial charge in [-0.05, 0) is 97.8 Å². The highest BCUT2D eigenvalue weighted by Gasteiger charge is 2.35. The van der Waals surface area contributed by atoms with E-state index in [2.05, 4.69) is 68.4 Å². The van der Waals surface area contributed by atoms with Gasteiger partial charge in [-0.15, -0.1) is 0 Å². The first-order valence-corrected chi connectivity index (χ1v) is 14.3. The van der Waals surface area contributed by atoms with Crippen molar-refractivity contribution in [3.8, 4) is 17.2 Å². The average molecular weight is 456 g/mol. The van der Waals surface area contributed by atoms with Crippen LogP contribution < -0.4 is 0 Å². The van der Waals surface area contributed by atoms with Gasteiger partial charge in [-0.2, -0.15) is 5.26 Å². The third-order valence-corrected chi connectivity index (χ3v) is 9.07. The standard InChI is InChI=1S/C33H45N/c1-3-5-6-7-26-8-10-27(11-9-26)28-12-14-29(15-13-28)30-16-18-31(19-17-30)32-20-23-33(25-34,22-4-2)24-21-32/h12-19,26-27,32H,3-11,20-24H2,1-2H3/t26-,27-,32-,33-. The minimum Gasteiger partial charge on any atom is -0.198 e. The van der Waals surface area contributed by atoms with Crippen molar-refractivity contribution in [3.05, 3.63) is 59.7 Å². The van der Waals surface area contributed by atoms with Gasteiger partial charge in [-0.1, -0.05) is 94.5 Å². The molecule has 0 bridgehead atoms. The maximum Gasteiger partial charge on any atom is 0.0689 e. The summed E-state index contributed by atoms with van der Waals surface area (Å²) in [7, 11) is 0. The molecule has 1 heteroatoms. The predicted molar refractivity (Wildman–Crippen MR) is 145 cm³/mol. The highest BCUT2D eigenvalue weighted by Crippen LogP contribution is 2.45. The highest BCUT2D eigenvalue weighted by molar-refractivity contribution is 5.64. The van der Waals surface area contributed by atoms with Crippen molar-refractivity contribution >= 4 is 0 Å². The van der Waals surface area contributed by atoms with Gasteiger partial charge in [0.15, 0.2) is 0 Å². The van der Waals surface area contributed by atoms with Gasteiger partial charge in [0.1, 0.15) is 0 Å². The normalized spacial score (nSPS) is 27.3. The molecular formula is C33H45N. The van der Waals surface area contributed by atoms with E-state index in [1.54, 1.807) is 5.56 Å². The highest BCUT2D eigenvalue weighted by atomic mass is 14.4. The maximum absolute atomic E-state index is 9.70. The second-order valence-electron chi connectivity index (χ2n) is 11.4. The van der Waals surface area contributed by atoms with Crippen molar-refractivity contribution in [2.45, 2.75) is 116 Å². The summed E-state index contributed by atoms with van der Waals surface area (Å²) >= 11 is 0. The summed E-state index contributed by atoms with van der Waals surface area (Å²) in [4.78, 5) is 0. The fourth-order valence-electron chi connectivity index (χ4n) is 6.76. The van der Waals surface area contributed by atoms with Crippen molar-refractivity contribution in [2.24, 2.45) is 11.3 Å². The van der Waals surface area contributed by atoms with E-state index in [1.807, 2.05) is 0 Å². The van der Waals surface area contributed by atoms with Gasteiger partial charge in [-0.25, -0.2) is 0 Å². The number of hydrogen-bond acceptors (Lipinski definition) is 1. The molecule has 2 aliphatic rings. The monoisotopic (exact) mass is 455 g/mol. The molecule has 182 valence electrons. The van der Waals surface area contributed by atoms with Crippen LogP contribution in [0.3, 0.4) is 0 Å². The molecule has 0 aliphatic heterocycles. The van der Waals surface area contributed by atoms with Gasteiger partial charge in [0.05, 0.1) is 11.5 Å². The fourth-order valence-corrected chi connectivity index (χ4v) is 6.76. The lowest BCUT2D eigenvalue weighted by molar-refractivity contribution is 0.228. The Balaban J connectivity index is 1.31. The summed E-state index contributed by atoms with van der Waals surface area (Å²) in [5.74, 6) is 2.36. The molecule has 0 saturated heterocycles. The zero-order chi connectivity index (χ0) is 23.8. The van der Waals surface area contributed by atoms with Gasteiger partial charge in [-0.3, -0.25) is 0 Å². The molecule has 0 unspecified atom stereocenters. The number of benzene rings is 2. The topological polar surface area (TPSA) is 23.8 Å². The first-order valence-electron chi connectivity index (χ1n) is 14.3. The van der Waals surface area contributed by atoms with Crippen molar-refractivity contribution in [1.82, 2.24) is 0 Å². The molecule has 2 fully saturated rings. The first kappa shape index (κ1) is 25.0. The second kappa shape index (κ2) is 12.1. The smallest absolute Gasteiger partial charge is 0.0689 e. The van der Waals surface area contributed by atoms with E-state index in [9.17, 15) is 5.26 Å². The number of rotatable bonds is 9. The Bertz CT molecular complexity index is 901. The van der Waals surface area contributed by atoms with Crippen LogP contribution in [0.25, 0.3) is 11.1 Å². The Morgan fingerprint density at radius 1 is 0.706 bits per heavy atom. The van der Waals surface area contributed by atoms with Gasteiger partial charge >= 0.3 is 0 Å². The van der Waals surface area contributed by atoms with Crippen molar-refractivity contribution in [2.75, 3.05) is 0 Å². The van der Waals surface area contributed by atoms with Crippen LogP contribution in [0.4, 0.5) is 0 Å². The minimum atomic E-state index is -0.0543. The molecule has 0 aromatic heterocycles. The van der Waals surface area contributed by atoms with E-state index in [1.165, 1.54) is 68.1 Å². The summed E-state index contributed by atoms with van der Waals surface area (Å²) < 4.78 is 0. The van der Waals surface area contributed by atoms with Crippen LogP contribution in [0.15, 0.2) is 48.5 Å². The lowest BCUT2D eigenvalue weighted by atomic mass is 9.68. The molecule has 0 N–H and O–H groups in total. The lowest BCUT2D eigenvalue weighted by Gasteiger charge is -2.35.